The first-order valence-corrected chi connectivity index (χ1v) is 8.01. The number of nitrogens with zero attached hydrogens (tertiary/aromatic N) is 3. The zero-order chi connectivity index (χ0) is 18.7. The molecule has 0 unspecified atom stereocenters. The standard InChI is InChI=1S/C18H15ClFN5O/c1-25(15-5-3-2-4-13(15)19)17(26)11-6-8-12(9-7-11)23-16-14(20)10-22-18(21)24-16/h2-10H,1H3,(H3,21,22,23,24). The van der Waals surface area contributed by atoms with Crippen LogP contribution in [0, 0.1) is 5.82 Å². The number of hydrogen-bond acceptors (Lipinski definition) is 5. The predicted octanol–water partition coefficient (Wildman–Crippen LogP) is 3.87. The van der Waals surface area contributed by atoms with Gasteiger partial charge in [-0.25, -0.2) is 9.37 Å². The number of nitrogens with two attached hydrogens (primary N) is 1. The molecule has 8 heteroatoms. The van der Waals surface area contributed by atoms with Crippen LogP contribution in [0.25, 0.3) is 0 Å². The lowest BCUT2D eigenvalue weighted by Crippen LogP contribution is -2.26. The minimum atomic E-state index is -0.627. The molecule has 0 bridgehead atoms. The first-order valence-electron chi connectivity index (χ1n) is 7.63. The number of nitrogen functional groups attached to an aromatic ring is 1. The first-order chi connectivity index (χ1) is 12.5. The maximum absolute atomic E-state index is 13.7. The van der Waals surface area contributed by atoms with Crippen LogP contribution < -0.4 is 16.0 Å². The van der Waals surface area contributed by atoms with Gasteiger partial charge in [0, 0.05) is 18.3 Å². The normalized spacial score (nSPS) is 10.4. The Kier molecular flexibility index (Phi) is 4.99. The summed E-state index contributed by atoms with van der Waals surface area (Å²) in [4.78, 5) is 21.4. The SMILES string of the molecule is CN(C(=O)c1ccc(Nc2nc(N)ncc2F)cc1)c1ccccc1Cl. The van der Waals surface area contributed by atoms with Gasteiger partial charge in [0.05, 0.1) is 16.9 Å². The fourth-order valence-electron chi connectivity index (χ4n) is 2.33. The number of para-hydroxylation sites is 1. The van der Waals surface area contributed by atoms with E-state index >= 15 is 0 Å². The summed E-state index contributed by atoms with van der Waals surface area (Å²) in [7, 11) is 1.65. The van der Waals surface area contributed by atoms with E-state index in [4.69, 9.17) is 17.3 Å². The Morgan fingerprint density at radius 3 is 2.58 bits per heavy atom. The molecule has 3 N–H and O–H groups in total. The molecule has 0 saturated heterocycles. The molecule has 26 heavy (non-hydrogen) atoms. The number of benzene rings is 2. The number of halogens is 2. The molecule has 1 aromatic heterocycles. The van der Waals surface area contributed by atoms with Crippen molar-refractivity contribution in [3.63, 3.8) is 0 Å². The summed E-state index contributed by atoms with van der Waals surface area (Å²) >= 11 is 6.13. The van der Waals surface area contributed by atoms with Crippen LogP contribution in [0.1, 0.15) is 10.4 Å². The molecule has 1 heterocycles. The third-order valence-corrected chi connectivity index (χ3v) is 4.00. The van der Waals surface area contributed by atoms with E-state index < -0.39 is 5.82 Å². The number of hydrogen-bond donors (Lipinski definition) is 2. The monoisotopic (exact) mass is 371 g/mol. The van der Waals surface area contributed by atoms with Crippen molar-refractivity contribution in [3.05, 3.63) is 71.1 Å². The highest BCUT2D eigenvalue weighted by molar-refractivity contribution is 6.34. The van der Waals surface area contributed by atoms with E-state index in [1.165, 1.54) is 4.90 Å². The summed E-state index contributed by atoms with van der Waals surface area (Å²) < 4.78 is 13.7. The zero-order valence-electron chi connectivity index (χ0n) is 13.8. The van der Waals surface area contributed by atoms with Gasteiger partial charge >= 0.3 is 0 Å². The molecule has 0 radical (unpaired) electrons. The van der Waals surface area contributed by atoms with E-state index in [2.05, 4.69) is 15.3 Å². The lowest BCUT2D eigenvalue weighted by molar-refractivity contribution is 0.0993. The minimum Gasteiger partial charge on any atom is -0.368 e. The summed E-state index contributed by atoms with van der Waals surface area (Å²) in [6.45, 7) is 0. The maximum Gasteiger partial charge on any atom is 0.258 e. The van der Waals surface area contributed by atoms with Crippen molar-refractivity contribution in [2.45, 2.75) is 0 Å². The predicted molar refractivity (Wildman–Crippen MR) is 100 cm³/mol. The van der Waals surface area contributed by atoms with E-state index in [1.807, 2.05) is 0 Å². The molecular weight excluding hydrogens is 357 g/mol. The van der Waals surface area contributed by atoms with Crippen LogP contribution in [0.3, 0.4) is 0 Å². The van der Waals surface area contributed by atoms with Gasteiger partial charge in [-0.3, -0.25) is 4.79 Å². The summed E-state index contributed by atoms with van der Waals surface area (Å²) in [6.07, 6.45) is 0.987. The second kappa shape index (κ2) is 7.37. The lowest BCUT2D eigenvalue weighted by Gasteiger charge is -2.19. The fraction of sp³-hybridized carbons (Fsp3) is 0.0556. The first kappa shape index (κ1) is 17.6. The lowest BCUT2D eigenvalue weighted by atomic mass is 10.1. The summed E-state index contributed by atoms with van der Waals surface area (Å²) in [6, 6.07) is 13.6. The van der Waals surface area contributed by atoms with Crippen LogP contribution in [0.2, 0.25) is 5.02 Å². The van der Waals surface area contributed by atoms with Gasteiger partial charge in [0.15, 0.2) is 11.6 Å². The molecule has 0 fully saturated rings. The number of amides is 1. The summed E-state index contributed by atoms with van der Waals surface area (Å²) in [5.41, 5.74) is 7.08. The number of anilines is 4. The van der Waals surface area contributed by atoms with Gasteiger partial charge in [-0.05, 0) is 36.4 Å². The van der Waals surface area contributed by atoms with Crippen LogP contribution in [-0.2, 0) is 0 Å². The number of nitrogens with one attached hydrogen (secondary N) is 1. The van der Waals surface area contributed by atoms with E-state index in [9.17, 15) is 9.18 Å². The van der Waals surface area contributed by atoms with Crippen molar-refractivity contribution in [1.29, 1.82) is 0 Å². The molecule has 0 aliphatic carbocycles. The molecule has 3 aromatic rings. The third kappa shape index (κ3) is 3.73. The molecule has 0 aliphatic rings. The molecule has 2 aromatic carbocycles. The van der Waals surface area contributed by atoms with Crippen LogP contribution in [0.5, 0.6) is 0 Å². The van der Waals surface area contributed by atoms with Gasteiger partial charge in [-0.15, -0.1) is 0 Å². The van der Waals surface area contributed by atoms with E-state index in [-0.39, 0.29) is 17.7 Å². The van der Waals surface area contributed by atoms with Crippen molar-refractivity contribution in [2.24, 2.45) is 0 Å². The minimum absolute atomic E-state index is 0.0373. The molecule has 1 amide bonds. The summed E-state index contributed by atoms with van der Waals surface area (Å²) in [5, 5.41) is 3.28. The number of rotatable bonds is 4. The largest absolute Gasteiger partial charge is 0.368 e. The van der Waals surface area contributed by atoms with Crippen molar-refractivity contribution in [1.82, 2.24) is 9.97 Å². The second-order valence-electron chi connectivity index (χ2n) is 5.44. The van der Waals surface area contributed by atoms with Crippen LogP contribution >= 0.6 is 11.6 Å². The average molecular weight is 372 g/mol. The number of carbonyl (C=O) groups is 1. The molecule has 0 saturated carbocycles. The van der Waals surface area contributed by atoms with Crippen LogP contribution in [-0.4, -0.2) is 22.9 Å². The molecule has 132 valence electrons. The quantitative estimate of drug-likeness (QED) is 0.727. The summed E-state index contributed by atoms with van der Waals surface area (Å²) in [5.74, 6) is -0.924. The van der Waals surface area contributed by atoms with Gasteiger partial charge in [0.25, 0.3) is 5.91 Å². The molecular formula is C18H15ClFN5O. The van der Waals surface area contributed by atoms with Crippen LogP contribution in [0.4, 0.5) is 27.5 Å². The Labute approximate surface area is 154 Å². The van der Waals surface area contributed by atoms with E-state index in [1.54, 1.807) is 55.6 Å². The fourth-order valence-corrected chi connectivity index (χ4v) is 2.59. The van der Waals surface area contributed by atoms with Gasteiger partial charge in [-0.1, -0.05) is 23.7 Å². The van der Waals surface area contributed by atoms with Gasteiger partial charge in [-0.2, -0.15) is 4.98 Å². The molecule has 3 rings (SSSR count). The average Bonchev–Trinajstić information content (AvgIpc) is 2.64. The third-order valence-electron chi connectivity index (χ3n) is 3.68. The highest BCUT2D eigenvalue weighted by atomic mass is 35.5. The van der Waals surface area contributed by atoms with Crippen LogP contribution in [0.15, 0.2) is 54.7 Å². The van der Waals surface area contributed by atoms with Gasteiger partial charge in [0.2, 0.25) is 5.95 Å². The Morgan fingerprint density at radius 2 is 1.88 bits per heavy atom. The van der Waals surface area contributed by atoms with Gasteiger partial charge in [0.1, 0.15) is 0 Å². The maximum atomic E-state index is 13.7. The molecule has 6 nitrogen and oxygen atoms in total. The number of carbonyl (C=O) groups excluding carboxylic acids is 1. The molecule has 0 atom stereocenters. The van der Waals surface area contributed by atoms with Crippen molar-refractivity contribution < 1.29 is 9.18 Å². The topological polar surface area (TPSA) is 84.1 Å². The highest BCUT2D eigenvalue weighted by Crippen LogP contribution is 2.26. The number of aromatic nitrogens is 2. The Bertz CT molecular complexity index is 949. The van der Waals surface area contributed by atoms with E-state index in [0.29, 0.717) is 22.0 Å². The van der Waals surface area contributed by atoms with Crippen molar-refractivity contribution >= 4 is 40.6 Å². The van der Waals surface area contributed by atoms with Gasteiger partial charge < -0.3 is 16.0 Å². The molecule has 0 spiro atoms. The zero-order valence-corrected chi connectivity index (χ0v) is 14.5. The smallest absolute Gasteiger partial charge is 0.258 e. The van der Waals surface area contributed by atoms with E-state index in [0.717, 1.165) is 6.20 Å². The van der Waals surface area contributed by atoms with Crippen molar-refractivity contribution in [3.8, 4) is 0 Å². The van der Waals surface area contributed by atoms with Crippen molar-refractivity contribution in [2.75, 3.05) is 23.0 Å². The second-order valence-corrected chi connectivity index (χ2v) is 5.85. The Balaban J connectivity index is 1.78. The Hall–Kier alpha value is -3.19. The highest BCUT2D eigenvalue weighted by Gasteiger charge is 2.15. The Morgan fingerprint density at radius 1 is 1.19 bits per heavy atom. The molecule has 0 aliphatic heterocycles.